The van der Waals surface area contributed by atoms with Crippen LogP contribution in [-0.2, 0) is 22.9 Å². The van der Waals surface area contributed by atoms with E-state index in [1.165, 1.54) is 24.3 Å². The lowest BCUT2D eigenvalue weighted by Gasteiger charge is -2.23. The molecule has 0 bridgehead atoms. The third-order valence-electron chi connectivity index (χ3n) is 6.01. The van der Waals surface area contributed by atoms with Crippen molar-refractivity contribution in [1.29, 1.82) is 0 Å². The quantitative estimate of drug-likeness (QED) is 0.344. The lowest BCUT2D eigenvalue weighted by Crippen LogP contribution is -2.37. The zero-order chi connectivity index (χ0) is 23.2. The summed E-state index contributed by atoms with van der Waals surface area (Å²) >= 11 is 5.97. The van der Waals surface area contributed by atoms with Gasteiger partial charge >= 0.3 is 0 Å². The number of aryl methyl sites for hydroxylation is 3. The van der Waals surface area contributed by atoms with Gasteiger partial charge in [-0.05, 0) is 80.8 Å². The molecule has 5 rings (SSSR count). The molecule has 0 saturated heterocycles. The van der Waals surface area contributed by atoms with Crippen molar-refractivity contribution in [2.45, 2.75) is 37.5 Å². The molecule has 1 aliphatic carbocycles. The van der Waals surface area contributed by atoms with Gasteiger partial charge in [0.2, 0.25) is 0 Å². The van der Waals surface area contributed by atoms with E-state index in [1.807, 2.05) is 6.92 Å². The van der Waals surface area contributed by atoms with E-state index in [1.54, 1.807) is 42.5 Å². The first-order chi connectivity index (χ1) is 15.8. The smallest absolute Gasteiger partial charge is 0.272 e. The lowest BCUT2D eigenvalue weighted by atomic mass is 9.96. The molecule has 1 amide bonds. The number of carbonyl (C=O) groups excluding carboxylic acids is 1. The Labute approximate surface area is 197 Å². The lowest BCUT2D eigenvalue weighted by molar-refractivity contribution is 0.101. The number of benzene rings is 3. The molecule has 7 heteroatoms. The zero-order valence-corrected chi connectivity index (χ0v) is 19.6. The normalized spacial score (nSPS) is 13.6. The molecule has 0 fully saturated rings. The summed E-state index contributed by atoms with van der Waals surface area (Å²) in [6.45, 7) is 1.91. The van der Waals surface area contributed by atoms with Crippen molar-refractivity contribution in [3.05, 3.63) is 94.2 Å². The molecule has 4 aromatic rings. The molecular formula is C26H22ClNO4S. The van der Waals surface area contributed by atoms with Gasteiger partial charge in [0.25, 0.3) is 15.9 Å². The summed E-state index contributed by atoms with van der Waals surface area (Å²) in [5, 5.41) is 1.27. The van der Waals surface area contributed by atoms with Crippen LogP contribution in [0.2, 0.25) is 5.02 Å². The molecule has 1 aromatic heterocycles. The summed E-state index contributed by atoms with van der Waals surface area (Å²) in [6.07, 6.45) is 3.87. The van der Waals surface area contributed by atoms with Crippen molar-refractivity contribution < 1.29 is 17.6 Å². The largest absolute Gasteiger partial charge is 0.461 e. The van der Waals surface area contributed by atoms with Gasteiger partial charge in [0.15, 0.2) is 0 Å². The highest BCUT2D eigenvalue weighted by Crippen LogP contribution is 2.36. The molecule has 0 atom stereocenters. The zero-order valence-electron chi connectivity index (χ0n) is 18.0. The van der Waals surface area contributed by atoms with Gasteiger partial charge in [0, 0.05) is 28.0 Å². The van der Waals surface area contributed by atoms with Crippen LogP contribution < -0.4 is 4.31 Å². The molecule has 1 heterocycles. The summed E-state index contributed by atoms with van der Waals surface area (Å²) in [7, 11) is -4.21. The third kappa shape index (κ3) is 3.94. The summed E-state index contributed by atoms with van der Waals surface area (Å²) < 4.78 is 34.3. The number of halogens is 1. The number of amides is 1. The molecule has 3 aromatic carbocycles. The van der Waals surface area contributed by atoms with Crippen LogP contribution in [0.4, 0.5) is 5.69 Å². The van der Waals surface area contributed by atoms with Crippen LogP contribution in [0.25, 0.3) is 11.0 Å². The first-order valence-corrected chi connectivity index (χ1v) is 12.6. The first-order valence-electron chi connectivity index (χ1n) is 10.8. The number of anilines is 1. The molecule has 5 nitrogen and oxygen atoms in total. The predicted molar refractivity (Wildman–Crippen MR) is 129 cm³/mol. The average Bonchev–Trinajstić information content (AvgIpc) is 3.18. The van der Waals surface area contributed by atoms with Crippen molar-refractivity contribution >= 4 is 44.2 Å². The fourth-order valence-corrected chi connectivity index (χ4v) is 5.80. The molecule has 33 heavy (non-hydrogen) atoms. The molecule has 1 aliphatic rings. The molecule has 0 saturated carbocycles. The van der Waals surface area contributed by atoms with Crippen molar-refractivity contribution in [1.82, 2.24) is 0 Å². The van der Waals surface area contributed by atoms with Crippen LogP contribution in [0.15, 0.2) is 76.0 Å². The van der Waals surface area contributed by atoms with E-state index in [-0.39, 0.29) is 16.1 Å². The van der Waals surface area contributed by atoms with E-state index in [4.69, 9.17) is 16.0 Å². The van der Waals surface area contributed by atoms with Gasteiger partial charge < -0.3 is 4.42 Å². The molecule has 0 aliphatic heterocycles. The third-order valence-corrected chi connectivity index (χ3v) is 7.99. The van der Waals surface area contributed by atoms with Gasteiger partial charge in [-0.15, -0.1) is 0 Å². The fourth-order valence-electron chi connectivity index (χ4n) is 4.27. The highest BCUT2D eigenvalue weighted by molar-refractivity contribution is 7.93. The maximum absolute atomic E-state index is 13.7. The van der Waals surface area contributed by atoms with Crippen molar-refractivity contribution in [2.75, 3.05) is 4.31 Å². The van der Waals surface area contributed by atoms with Gasteiger partial charge in [-0.1, -0.05) is 29.3 Å². The van der Waals surface area contributed by atoms with E-state index in [9.17, 15) is 13.2 Å². The number of nitrogens with zero attached hydrogens (tertiary/aromatic N) is 1. The number of furan rings is 1. The van der Waals surface area contributed by atoms with E-state index in [2.05, 4.69) is 0 Å². The Morgan fingerprint density at radius 1 is 0.939 bits per heavy atom. The van der Waals surface area contributed by atoms with Crippen LogP contribution in [0.5, 0.6) is 0 Å². The first kappa shape index (κ1) is 21.7. The van der Waals surface area contributed by atoms with Crippen LogP contribution in [0, 0.1) is 6.92 Å². The Morgan fingerprint density at radius 3 is 2.36 bits per heavy atom. The Bertz CT molecular complexity index is 1450. The number of sulfonamides is 1. The second-order valence-electron chi connectivity index (χ2n) is 8.29. The van der Waals surface area contributed by atoms with E-state index in [0.717, 1.165) is 52.3 Å². The molecular weight excluding hydrogens is 458 g/mol. The SMILES string of the molecule is Cc1ccc(C(=O)N(c2ccc3oc4c(c3c2)CCCC4)S(=O)(=O)c2ccc(Cl)cc2)cc1. The van der Waals surface area contributed by atoms with Gasteiger partial charge in [0.1, 0.15) is 11.3 Å². The number of hydrogen-bond donors (Lipinski definition) is 0. The molecule has 0 radical (unpaired) electrons. The van der Waals surface area contributed by atoms with E-state index >= 15 is 0 Å². The van der Waals surface area contributed by atoms with Gasteiger partial charge in [-0.3, -0.25) is 4.79 Å². The van der Waals surface area contributed by atoms with E-state index in [0.29, 0.717) is 10.6 Å². The van der Waals surface area contributed by atoms with Crippen molar-refractivity contribution in [3.8, 4) is 0 Å². The Hall–Kier alpha value is -3.09. The number of hydrogen-bond acceptors (Lipinski definition) is 4. The summed E-state index contributed by atoms with van der Waals surface area (Å²) in [4.78, 5) is 13.6. The van der Waals surface area contributed by atoms with Crippen LogP contribution in [0.3, 0.4) is 0 Å². The number of rotatable bonds is 4. The summed E-state index contributed by atoms with van der Waals surface area (Å²) in [6, 6.07) is 17.8. The topological polar surface area (TPSA) is 67.6 Å². The second kappa shape index (κ2) is 8.36. The van der Waals surface area contributed by atoms with Crippen LogP contribution in [0.1, 0.15) is 40.1 Å². The van der Waals surface area contributed by atoms with Gasteiger partial charge in [0.05, 0.1) is 10.6 Å². The highest BCUT2D eigenvalue weighted by Gasteiger charge is 2.32. The van der Waals surface area contributed by atoms with Gasteiger partial charge in [-0.25, -0.2) is 8.42 Å². The predicted octanol–water partition coefficient (Wildman–Crippen LogP) is 6.31. The number of carbonyl (C=O) groups is 1. The molecule has 0 unspecified atom stereocenters. The van der Waals surface area contributed by atoms with Crippen LogP contribution >= 0.6 is 11.6 Å². The van der Waals surface area contributed by atoms with Gasteiger partial charge in [-0.2, -0.15) is 4.31 Å². The summed E-state index contributed by atoms with van der Waals surface area (Å²) in [5.74, 6) is 0.326. The Balaban J connectivity index is 1.69. The fraction of sp³-hybridized carbons (Fsp3) is 0.192. The maximum atomic E-state index is 13.7. The van der Waals surface area contributed by atoms with Crippen molar-refractivity contribution in [3.63, 3.8) is 0 Å². The standard InChI is InChI=1S/C26H22ClNO4S/c1-17-6-8-18(9-7-17)26(29)28(33(30,31)21-13-10-19(27)11-14-21)20-12-15-25-23(16-20)22-4-2-3-5-24(22)32-25/h6-16H,2-5H2,1H3. The minimum absolute atomic E-state index is 0.0123. The van der Waals surface area contributed by atoms with Crippen LogP contribution in [-0.4, -0.2) is 14.3 Å². The Morgan fingerprint density at radius 2 is 1.64 bits per heavy atom. The molecule has 168 valence electrons. The summed E-state index contributed by atoms with van der Waals surface area (Å²) in [5.41, 5.74) is 3.34. The maximum Gasteiger partial charge on any atom is 0.272 e. The minimum Gasteiger partial charge on any atom is -0.461 e. The molecule has 0 N–H and O–H groups in total. The monoisotopic (exact) mass is 479 g/mol. The average molecular weight is 480 g/mol. The second-order valence-corrected chi connectivity index (χ2v) is 10.5. The van der Waals surface area contributed by atoms with E-state index < -0.39 is 15.9 Å². The highest BCUT2D eigenvalue weighted by atomic mass is 35.5. The Kier molecular flexibility index (Phi) is 5.51. The minimum atomic E-state index is -4.21. The number of fused-ring (bicyclic) bond motifs is 3. The molecule has 0 spiro atoms. The van der Waals surface area contributed by atoms with Crippen molar-refractivity contribution in [2.24, 2.45) is 0 Å².